The van der Waals surface area contributed by atoms with Gasteiger partial charge in [-0.15, -0.1) is 0 Å². The number of nitrogens with two attached hydrogens (primary N) is 1. The fraction of sp³-hybridized carbons (Fsp3) is 0.409. The van der Waals surface area contributed by atoms with Crippen molar-refractivity contribution in [1.82, 2.24) is 10.2 Å². The minimum Gasteiger partial charge on any atom is -0.493 e. The second-order valence-corrected chi connectivity index (χ2v) is 6.62. The number of nitrogens with one attached hydrogen (secondary N) is 1. The van der Waals surface area contributed by atoms with Crippen LogP contribution >= 0.6 is 0 Å². The highest BCUT2D eigenvalue weighted by molar-refractivity contribution is 5.96. The molecule has 1 amide bonds. The van der Waals surface area contributed by atoms with Crippen molar-refractivity contribution in [3.05, 3.63) is 53.1 Å². The van der Waals surface area contributed by atoms with Crippen LogP contribution in [0.1, 0.15) is 35.3 Å². The van der Waals surface area contributed by atoms with Gasteiger partial charge in [0.25, 0.3) is 5.91 Å². The van der Waals surface area contributed by atoms with Crippen LogP contribution in [0.2, 0.25) is 0 Å². The molecule has 6 nitrogen and oxygen atoms in total. The molecule has 6 heteroatoms. The number of nitrogens with zero attached hydrogens (tertiary/aromatic N) is 1. The molecule has 2 aromatic carbocycles. The van der Waals surface area contributed by atoms with E-state index < -0.39 is 0 Å². The highest BCUT2D eigenvalue weighted by Gasteiger charge is 2.11. The summed E-state index contributed by atoms with van der Waals surface area (Å²) < 4.78 is 11.3. The van der Waals surface area contributed by atoms with Crippen LogP contribution in [0.3, 0.4) is 0 Å². The SMILES string of the molecule is CCN(CC)CCOc1ccc(CNC(=O)c2cc(N)ccc2C)cc1OC. The number of methoxy groups -OCH3 is 1. The van der Waals surface area contributed by atoms with E-state index in [-0.39, 0.29) is 5.91 Å². The van der Waals surface area contributed by atoms with Gasteiger partial charge in [0.2, 0.25) is 0 Å². The molecule has 0 bridgehead atoms. The van der Waals surface area contributed by atoms with Crippen LogP contribution in [0.5, 0.6) is 11.5 Å². The van der Waals surface area contributed by atoms with Crippen LogP contribution in [-0.4, -0.2) is 44.2 Å². The van der Waals surface area contributed by atoms with Gasteiger partial charge in [-0.05, 0) is 55.4 Å². The molecule has 0 heterocycles. The maximum Gasteiger partial charge on any atom is 0.251 e. The van der Waals surface area contributed by atoms with Crippen LogP contribution in [-0.2, 0) is 6.54 Å². The van der Waals surface area contributed by atoms with Gasteiger partial charge in [0.15, 0.2) is 11.5 Å². The number of carbonyl (C=O) groups is 1. The number of nitrogen functional groups attached to an aromatic ring is 1. The third-order valence-corrected chi connectivity index (χ3v) is 4.75. The number of amides is 1. The average molecular weight is 386 g/mol. The van der Waals surface area contributed by atoms with E-state index in [9.17, 15) is 4.79 Å². The fourth-order valence-corrected chi connectivity index (χ4v) is 2.93. The number of rotatable bonds is 10. The van der Waals surface area contributed by atoms with E-state index in [1.54, 1.807) is 19.2 Å². The Morgan fingerprint density at radius 2 is 1.86 bits per heavy atom. The van der Waals surface area contributed by atoms with Gasteiger partial charge in [-0.25, -0.2) is 0 Å². The van der Waals surface area contributed by atoms with Crippen molar-refractivity contribution in [3.63, 3.8) is 0 Å². The summed E-state index contributed by atoms with van der Waals surface area (Å²) in [6, 6.07) is 11.0. The Hall–Kier alpha value is -2.73. The van der Waals surface area contributed by atoms with E-state index in [2.05, 4.69) is 24.1 Å². The lowest BCUT2D eigenvalue weighted by atomic mass is 10.1. The van der Waals surface area contributed by atoms with Crippen LogP contribution in [0.25, 0.3) is 0 Å². The molecule has 0 aliphatic carbocycles. The standard InChI is InChI=1S/C22H31N3O3/c1-5-25(6-2)11-12-28-20-10-8-17(13-21(20)27-4)15-24-22(26)19-14-18(23)9-7-16(19)3/h7-10,13-14H,5-6,11-12,15,23H2,1-4H3,(H,24,26). The number of aryl methyl sites for hydroxylation is 1. The van der Waals surface area contributed by atoms with E-state index in [4.69, 9.17) is 15.2 Å². The minimum absolute atomic E-state index is 0.150. The molecule has 0 aromatic heterocycles. The van der Waals surface area contributed by atoms with Gasteiger partial charge in [-0.1, -0.05) is 26.0 Å². The largest absolute Gasteiger partial charge is 0.493 e. The topological polar surface area (TPSA) is 76.8 Å². The first-order chi connectivity index (χ1) is 13.5. The summed E-state index contributed by atoms with van der Waals surface area (Å²) in [6.45, 7) is 10.0. The molecule has 0 saturated heterocycles. The van der Waals surface area contributed by atoms with E-state index in [0.717, 1.165) is 30.8 Å². The molecule has 0 saturated carbocycles. The summed E-state index contributed by atoms with van der Waals surface area (Å²) in [4.78, 5) is 14.7. The Morgan fingerprint density at radius 1 is 1.11 bits per heavy atom. The van der Waals surface area contributed by atoms with Crippen molar-refractivity contribution in [2.24, 2.45) is 0 Å². The maximum absolute atomic E-state index is 12.4. The number of benzene rings is 2. The second kappa shape index (κ2) is 10.6. The van der Waals surface area contributed by atoms with Crippen molar-refractivity contribution < 1.29 is 14.3 Å². The Kier molecular flexibility index (Phi) is 8.14. The van der Waals surface area contributed by atoms with Crippen molar-refractivity contribution in [1.29, 1.82) is 0 Å². The predicted octanol–water partition coefficient (Wildman–Crippen LogP) is 3.24. The van der Waals surface area contributed by atoms with Crippen molar-refractivity contribution in [3.8, 4) is 11.5 Å². The Bertz CT molecular complexity index is 789. The first-order valence-corrected chi connectivity index (χ1v) is 9.64. The molecule has 0 spiro atoms. The zero-order valence-electron chi connectivity index (χ0n) is 17.2. The third-order valence-electron chi connectivity index (χ3n) is 4.75. The number of likely N-dealkylation sites (N-methyl/N-ethyl adjacent to an activating group) is 1. The molecular weight excluding hydrogens is 354 g/mol. The number of anilines is 1. The minimum atomic E-state index is -0.150. The van der Waals surface area contributed by atoms with Crippen LogP contribution in [0, 0.1) is 6.92 Å². The molecule has 3 N–H and O–H groups in total. The predicted molar refractivity (Wildman–Crippen MR) is 113 cm³/mol. The van der Waals surface area contributed by atoms with Crippen molar-refractivity contribution in [2.75, 3.05) is 39.1 Å². The first-order valence-electron chi connectivity index (χ1n) is 9.64. The lowest BCUT2D eigenvalue weighted by molar-refractivity contribution is 0.0950. The number of ether oxygens (including phenoxy) is 2. The Labute approximate surface area is 167 Å². The lowest BCUT2D eigenvalue weighted by Crippen LogP contribution is -2.28. The van der Waals surface area contributed by atoms with Crippen molar-refractivity contribution in [2.45, 2.75) is 27.3 Å². The van der Waals surface area contributed by atoms with E-state index >= 15 is 0 Å². The van der Waals surface area contributed by atoms with E-state index in [1.807, 2.05) is 31.2 Å². The van der Waals surface area contributed by atoms with Crippen LogP contribution in [0.4, 0.5) is 5.69 Å². The summed E-state index contributed by atoms with van der Waals surface area (Å²) >= 11 is 0. The summed E-state index contributed by atoms with van der Waals surface area (Å²) in [6.07, 6.45) is 0. The second-order valence-electron chi connectivity index (χ2n) is 6.62. The van der Waals surface area contributed by atoms with Gasteiger partial charge < -0.3 is 25.4 Å². The summed E-state index contributed by atoms with van der Waals surface area (Å²) in [5, 5.41) is 2.93. The molecular formula is C22H31N3O3. The smallest absolute Gasteiger partial charge is 0.251 e. The molecule has 0 radical (unpaired) electrons. The molecule has 28 heavy (non-hydrogen) atoms. The monoisotopic (exact) mass is 385 g/mol. The summed E-state index contributed by atoms with van der Waals surface area (Å²) in [5.74, 6) is 1.21. The lowest BCUT2D eigenvalue weighted by Gasteiger charge is -2.19. The number of carbonyl (C=O) groups excluding carboxylic acids is 1. The maximum atomic E-state index is 12.4. The van der Waals surface area contributed by atoms with Gasteiger partial charge in [-0.2, -0.15) is 0 Å². The summed E-state index contributed by atoms with van der Waals surface area (Å²) in [7, 11) is 1.62. The molecule has 0 unspecified atom stereocenters. The van der Waals surface area contributed by atoms with E-state index in [0.29, 0.717) is 35.9 Å². The number of hydrogen-bond donors (Lipinski definition) is 2. The van der Waals surface area contributed by atoms with Gasteiger partial charge in [-0.3, -0.25) is 4.79 Å². The normalized spacial score (nSPS) is 10.8. The van der Waals surface area contributed by atoms with Gasteiger partial charge in [0, 0.05) is 24.3 Å². The van der Waals surface area contributed by atoms with Crippen molar-refractivity contribution >= 4 is 11.6 Å². The molecule has 152 valence electrons. The molecule has 2 aromatic rings. The highest BCUT2D eigenvalue weighted by atomic mass is 16.5. The highest BCUT2D eigenvalue weighted by Crippen LogP contribution is 2.28. The van der Waals surface area contributed by atoms with Gasteiger partial charge in [0.1, 0.15) is 6.61 Å². The zero-order chi connectivity index (χ0) is 20.5. The first kappa shape index (κ1) is 21.6. The Balaban J connectivity index is 1.97. The quantitative estimate of drug-likeness (QED) is 0.614. The van der Waals surface area contributed by atoms with E-state index in [1.165, 1.54) is 0 Å². The van der Waals surface area contributed by atoms with Crippen LogP contribution < -0.4 is 20.5 Å². The molecule has 0 aliphatic rings. The zero-order valence-corrected chi connectivity index (χ0v) is 17.2. The molecule has 0 aliphatic heterocycles. The molecule has 2 rings (SSSR count). The Morgan fingerprint density at radius 3 is 2.54 bits per heavy atom. The molecule has 0 fully saturated rings. The van der Waals surface area contributed by atoms with Gasteiger partial charge >= 0.3 is 0 Å². The summed E-state index contributed by atoms with van der Waals surface area (Å²) in [5.41, 5.74) is 8.77. The fourth-order valence-electron chi connectivity index (χ4n) is 2.93. The third kappa shape index (κ3) is 5.89. The number of hydrogen-bond acceptors (Lipinski definition) is 5. The average Bonchev–Trinajstić information content (AvgIpc) is 2.71. The van der Waals surface area contributed by atoms with Crippen LogP contribution in [0.15, 0.2) is 36.4 Å². The van der Waals surface area contributed by atoms with Gasteiger partial charge in [0.05, 0.1) is 7.11 Å². The molecule has 0 atom stereocenters.